The molecular weight excluding hydrogens is 270 g/mol. The molecular formula is C11H10ClN5O2. The first kappa shape index (κ1) is 12.9. The predicted octanol–water partition coefficient (Wildman–Crippen LogP) is 1.65. The van der Waals surface area contributed by atoms with Crippen LogP contribution in [0.2, 0.25) is 5.02 Å². The number of H-pyrrole nitrogens is 1. The van der Waals surface area contributed by atoms with Crippen LogP contribution >= 0.6 is 11.6 Å². The summed E-state index contributed by atoms with van der Waals surface area (Å²) in [6.45, 7) is 0. The lowest BCUT2D eigenvalue weighted by atomic mass is 10.3. The Hall–Kier alpha value is -2.54. The summed E-state index contributed by atoms with van der Waals surface area (Å²) < 4.78 is 0. The minimum absolute atomic E-state index is 0.212. The number of rotatable bonds is 2. The zero-order valence-electron chi connectivity index (χ0n) is 9.61. The Morgan fingerprint density at radius 3 is 2.68 bits per heavy atom. The topological polar surface area (TPSA) is 113 Å². The van der Waals surface area contributed by atoms with Crippen molar-refractivity contribution in [3.05, 3.63) is 45.7 Å². The number of amides is 2. The molecule has 0 bridgehead atoms. The van der Waals surface area contributed by atoms with Gasteiger partial charge in [-0.25, -0.2) is 9.89 Å². The Labute approximate surface area is 112 Å². The molecule has 0 saturated heterocycles. The summed E-state index contributed by atoms with van der Waals surface area (Å²) in [4.78, 5) is 22.5. The molecule has 98 valence electrons. The van der Waals surface area contributed by atoms with Gasteiger partial charge in [-0.15, -0.1) is 0 Å². The SMILES string of the molecule is Nc1ccc(NC(=O)Nc2ccc(=O)[nH]n2)c(Cl)c1. The molecule has 8 heteroatoms. The number of nitrogens with zero attached hydrogens (tertiary/aromatic N) is 1. The molecule has 0 aliphatic carbocycles. The first-order valence-electron chi connectivity index (χ1n) is 5.23. The average molecular weight is 280 g/mol. The molecule has 0 radical (unpaired) electrons. The van der Waals surface area contributed by atoms with E-state index in [9.17, 15) is 9.59 Å². The Bertz CT molecular complexity index is 650. The lowest BCUT2D eigenvalue weighted by Gasteiger charge is -2.08. The second kappa shape index (κ2) is 5.40. The van der Waals surface area contributed by atoms with Crippen molar-refractivity contribution in [2.24, 2.45) is 0 Å². The van der Waals surface area contributed by atoms with E-state index in [2.05, 4.69) is 20.8 Å². The second-order valence-electron chi connectivity index (χ2n) is 3.62. The van der Waals surface area contributed by atoms with E-state index in [0.29, 0.717) is 16.4 Å². The molecule has 1 aromatic heterocycles. The van der Waals surface area contributed by atoms with Crippen LogP contribution < -0.4 is 21.9 Å². The number of hydrogen-bond acceptors (Lipinski definition) is 4. The zero-order chi connectivity index (χ0) is 13.8. The third kappa shape index (κ3) is 3.46. The van der Waals surface area contributed by atoms with Crippen LogP contribution in [0.15, 0.2) is 35.1 Å². The van der Waals surface area contributed by atoms with Gasteiger partial charge in [0, 0.05) is 11.8 Å². The molecule has 0 saturated carbocycles. The molecule has 5 N–H and O–H groups in total. The average Bonchev–Trinajstić information content (AvgIpc) is 2.36. The maximum atomic E-state index is 11.7. The van der Waals surface area contributed by atoms with E-state index in [1.807, 2.05) is 0 Å². The number of halogens is 1. The Kier molecular flexibility index (Phi) is 3.67. The molecule has 0 aliphatic heterocycles. The van der Waals surface area contributed by atoms with Crippen molar-refractivity contribution in [2.75, 3.05) is 16.4 Å². The molecule has 0 unspecified atom stereocenters. The van der Waals surface area contributed by atoms with Crippen molar-refractivity contribution in [3.63, 3.8) is 0 Å². The molecule has 0 fully saturated rings. The third-order valence-corrected chi connectivity index (χ3v) is 2.47. The summed E-state index contributed by atoms with van der Waals surface area (Å²) in [5.74, 6) is 0.212. The summed E-state index contributed by atoms with van der Waals surface area (Å²) >= 11 is 5.91. The quantitative estimate of drug-likeness (QED) is 0.626. The molecule has 2 aromatic rings. The first-order valence-corrected chi connectivity index (χ1v) is 5.61. The third-order valence-electron chi connectivity index (χ3n) is 2.16. The van der Waals surface area contributed by atoms with Crippen molar-refractivity contribution in [3.8, 4) is 0 Å². The molecule has 0 spiro atoms. The van der Waals surface area contributed by atoms with E-state index < -0.39 is 6.03 Å². The standard InChI is InChI=1S/C11H10ClN5O2/c12-7-5-6(13)1-2-8(7)14-11(19)15-9-3-4-10(18)17-16-9/h1-5H,13H2,(H,17,18)(H2,14,15,16,19). The van der Waals surface area contributed by atoms with E-state index in [0.717, 1.165) is 0 Å². The minimum atomic E-state index is -0.536. The van der Waals surface area contributed by atoms with Crippen LogP contribution in [0.3, 0.4) is 0 Å². The smallest absolute Gasteiger partial charge is 0.324 e. The minimum Gasteiger partial charge on any atom is -0.399 e. The van der Waals surface area contributed by atoms with Crippen LogP contribution in [0.5, 0.6) is 0 Å². The van der Waals surface area contributed by atoms with Gasteiger partial charge in [0.15, 0.2) is 5.82 Å². The first-order chi connectivity index (χ1) is 9.04. The lowest BCUT2D eigenvalue weighted by molar-refractivity contribution is 0.262. The van der Waals surface area contributed by atoms with E-state index in [1.54, 1.807) is 12.1 Å². The van der Waals surface area contributed by atoms with Crippen LogP contribution in [-0.4, -0.2) is 16.2 Å². The van der Waals surface area contributed by atoms with Gasteiger partial charge >= 0.3 is 6.03 Å². The van der Waals surface area contributed by atoms with Gasteiger partial charge < -0.3 is 11.1 Å². The second-order valence-corrected chi connectivity index (χ2v) is 4.03. The molecule has 0 atom stereocenters. The van der Waals surface area contributed by atoms with Crippen molar-refractivity contribution >= 4 is 34.8 Å². The van der Waals surface area contributed by atoms with Gasteiger partial charge in [0.25, 0.3) is 5.56 Å². The monoisotopic (exact) mass is 279 g/mol. The number of aromatic nitrogens is 2. The Balaban J connectivity index is 2.05. The number of hydrogen-bond donors (Lipinski definition) is 4. The van der Waals surface area contributed by atoms with Crippen molar-refractivity contribution in [1.29, 1.82) is 0 Å². The van der Waals surface area contributed by atoms with E-state index in [-0.39, 0.29) is 11.4 Å². The summed E-state index contributed by atoms with van der Waals surface area (Å²) in [6.07, 6.45) is 0. The highest BCUT2D eigenvalue weighted by molar-refractivity contribution is 6.34. The van der Waals surface area contributed by atoms with Gasteiger partial charge in [-0.3, -0.25) is 10.1 Å². The maximum absolute atomic E-state index is 11.7. The Morgan fingerprint density at radius 1 is 1.26 bits per heavy atom. The fourth-order valence-electron chi connectivity index (χ4n) is 1.32. The number of benzene rings is 1. The van der Waals surface area contributed by atoms with Crippen molar-refractivity contribution in [1.82, 2.24) is 10.2 Å². The van der Waals surface area contributed by atoms with Gasteiger partial charge in [0.2, 0.25) is 0 Å². The number of nitrogen functional groups attached to an aromatic ring is 1. The number of carbonyl (C=O) groups is 1. The van der Waals surface area contributed by atoms with Crippen molar-refractivity contribution < 1.29 is 4.79 Å². The highest BCUT2D eigenvalue weighted by Crippen LogP contribution is 2.23. The van der Waals surface area contributed by atoms with Gasteiger partial charge in [0.05, 0.1) is 10.7 Å². The number of nitrogens with two attached hydrogens (primary N) is 1. The molecule has 7 nitrogen and oxygen atoms in total. The highest BCUT2D eigenvalue weighted by atomic mass is 35.5. The van der Waals surface area contributed by atoms with Crippen LogP contribution in [0, 0.1) is 0 Å². The van der Waals surface area contributed by atoms with Gasteiger partial charge in [-0.05, 0) is 24.3 Å². The fourth-order valence-corrected chi connectivity index (χ4v) is 1.55. The van der Waals surface area contributed by atoms with Crippen LogP contribution in [0.1, 0.15) is 0 Å². The van der Waals surface area contributed by atoms with E-state index in [4.69, 9.17) is 17.3 Å². The van der Waals surface area contributed by atoms with Crippen LogP contribution in [0.4, 0.5) is 22.0 Å². The maximum Gasteiger partial charge on any atom is 0.324 e. The fraction of sp³-hybridized carbons (Fsp3) is 0. The molecule has 2 rings (SSSR count). The summed E-state index contributed by atoms with van der Waals surface area (Å²) in [5.41, 5.74) is 6.10. The van der Waals surface area contributed by atoms with Crippen LogP contribution in [0.25, 0.3) is 0 Å². The largest absolute Gasteiger partial charge is 0.399 e. The van der Waals surface area contributed by atoms with Gasteiger partial charge in [0.1, 0.15) is 0 Å². The highest BCUT2D eigenvalue weighted by Gasteiger charge is 2.06. The number of urea groups is 1. The normalized spacial score (nSPS) is 9.95. The van der Waals surface area contributed by atoms with E-state index >= 15 is 0 Å². The molecule has 0 aliphatic rings. The van der Waals surface area contributed by atoms with Gasteiger partial charge in [-0.2, -0.15) is 5.10 Å². The summed E-state index contributed by atoms with van der Waals surface area (Å²) in [6, 6.07) is 6.81. The number of aromatic amines is 1. The number of carbonyl (C=O) groups excluding carboxylic acids is 1. The Morgan fingerprint density at radius 2 is 2.05 bits per heavy atom. The summed E-state index contributed by atoms with van der Waals surface area (Å²) in [7, 11) is 0. The molecule has 2 amide bonds. The predicted molar refractivity (Wildman–Crippen MR) is 73.4 cm³/mol. The molecule has 19 heavy (non-hydrogen) atoms. The molecule has 1 heterocycles. The van der Waals surface area contributed by atoms with E-state index in [1.165, 1.54) is 18.2 Å². The lowest BCUT2D eigenvalue weighted by Crippen LogP contribution is -2.21. The number of nitrogens with one attached hydrogen (secondary N) is 3. The van der Waals surface area contributed by atoms with Crippen LogP contribution in [-0.2, 0) is 0 Å². The van der Waals surface area contributed by atoms with Gasteiger partial charge in [-0.1, -0.05) is 11.6 Å². The summed E-state index contributed by atoms with van der Waals surface area (Å²) in [5, 5.41) is 11.1. The van der Waals surface area contributed by atoms with Crippen molar-refractivity contribution in [2.45, 2.75) is 0 Å². The zero-order valence-corrected chi connectivity index (χ0v) is 10.4. The molecule has 1 aromatic carbocycles. The number of anilines is 3.